The van der Waals surface area contributed by atoms with Gasteiger partial charge in [0.2, 0.25) is 5.43 Å². The number of aryl methyl sites for hydroxylation is 1. The van der Waals surface area contributed by atoms with E-state index in [1.807, 2.05) is 13.8 Å². The van der Waals surface area contributed by atoms with Gasteiger partial charge in [-0.1, -0.05) is 45.9 Å². The first-order chi connectivity index (χ1) is 18.1. The zero-order valence-corrected chi connectivity index (χ0v) is 22.5. The van der Waals surface area contributed by atoms with E-state index in [4.69, 9.17) is 13.9 Å². The van der Waals surface area contributed by atoms with Gasteiger partial charge in [-0.05, 0) is 49.7 Å². The molecule has 200 valence electrons. The van der Waals surface area contributed by atoms with E-state index >= 15 is 0 Å². The molecule has 1 aromatic heterocycles. The Kier molecular flexibility index (Phi) is 7.95. The van der Waals surface area contributed by atoms with Gasteiger partial charge in [-0.3, -0.25) is 4.79 Å². The Morgan fingerprint density at radius 2 is 1.50 bits per heavy atom. The minimum absolute atomic E-state index is 0.0101. The number of phenolic OH excluding ortho intramolecular Hbond substituents is 2. The summed E-state index contributed by atoms with van der Waals surface area (Å²) in [7, 11) is 1.46. The lowest BCUT2D eigenvalue weighted by Crippen LogP contribution is -2.13. The second-order valence-electron chi connectivity index (χ2n) is 10.4. The highest BCUT2D eigenvalue weighted by Gasteiger charge is 2.25. The van der Waals surface area contributed by atoms with E-state index < -0.39 is 11.4 Å². The van der Waals surface area contributed by atoms with Crippen LogP contribution in [-0.2, 0) is 12.8 Å². The fraction of sp³-hybridized carbons (Fsp3) is 0.355. The molecule has 4 rings (SSSR count). The van der Waals surface area contributed by atoms with Crippen molar-refractivity contribution < 1.29 is 28.9 Å². The highest BCUT2D eigenvalue weighted by molar-refractivity contribution is 5.98. The van der Waals surface area contributed by atoms with Crippen molar-refractivity contribution in [2.45, 2.75) is 53.4 Å². The maximum atomic E-state index is 13.9. The van der Waals surface area contributed by atoms with Crippen LogP contribution in [0.1, 0.15) is 62.0 Å². The van der Waals surface area contributed by atoms with Crippen molar-refractivity contribution >= 4 is 27.9 Å². The Bertz CT molecular complexity index is 1530. The summed E-state index contributed by atoms with van der Waals surface area (Å²) in [5.74, 6) is 0.0787. The van der Waals surface area contributed by atoms with Gasteiger partial charge in [-0.15, -0.1) is 0 Å². The van der Waals surface area contributed by atoms with Crippen LogP contribution in [0.2, 0.25) is 0 Å². The normalized spacial score (nSPS) is 11.6. The number of fused-ring (bicyclic) bond motifs is 2. The molecule has 0 fully saturated rings. The summed E-state index contributed by atoms with van der Waals surface area (Å²) in [4.78, 5) is 26.8. The monoisotopic (exact) mass is 518 g/mol. The van der Waals surface area contributed by atoms with Crippen molar-refractivity contribution in [3.8, 4) is 23.0 Å². The van der Waals surface area contributed by atoms with E-state index in [0.29, 0.717) is 41.4 Å². The van der Waals surface area contributed by atoms with E-state index in [1.54, 1.807) is 30.3 Å². The molecule has 0 aliphatic carbocycles. The zero-order valence-electron chi connectivity index (χ0n) is 22.5. The molecule has 0 spiro atoms. The number of hydrogen-bond acceptors (Lipinski definition) is 7. The topological polar surface area (TPSA) is 106 Å². The van der Waals surface area contributed by atoms with Crippen LogP contribution in [0.15, 0.2) is 51.7 Å². The molecule has 0 bridgehead atoms. The maximum absolute atomic E-state index is 13.9. The van der Waals surface area contributed by atoms with E-state index in [1.165, 1.54) is 19.2 Å². The molecule has 0 atom stereocenters. The Morgan fingerprint density at radius 1 is 0.895 bits per heavy atom. The number of hydrogen-bond donors (Lipinski definition) is 2. The third-order valence-corrected chi connectivity index (χ3v) is 6.69. The summed E-state index contributed by atoms with van der Waals surface area (Å²) in [6, 6.07) is 11.4. The molecule has 0 aliphatic heterocycles. The van der Waals surface area contributed by atoms with Gasteiger partial charge >= 0.3 is 5.97 Å². The van der Waals surface area contributed by atoms with Gasteiger partial charge in [0.1, 0.15) is 28.1 Å². The predicted octanol–water partition coefficient (Wildman–Crippen LogP) is 6.76. The van der Waals surface area contributed by atoms with E-state index in [2.05, 4.69) is 13.8 Å². The van der Waals surface area contributed by atoms with Crippen LogP contribution >= 0.6 is 0 Å². The van der Waals surface area contributed by atoms with Crippen molar-refractivity contribution in [3.63, 3.8) is 0 Å². The molecule has 4 aromatic rings. The van der Waals surface area contributed by atoms with Crippen LogP contribution in [0.5, 0.6) is 23.0 Å². The number of benzene rings is 3. The zero-order chi connectivity index (χ0) is 27.6. The molecule has 0 unspecified atom stereocenters. The van der Waals surface area contributed by atoms with E-state index in [0.717, 1.165) is 12.8 Å². The van der Waals surface area contributed by atoms with Gasteiger partial charge in [0.15, 0.2) is 11.5 Å². The van der Waals surface area contributed by atoms with Crippen LogP contribution in [-0.4, -0.2) is 23.3 Å². The number of methoxy groups -OCH3 is 1. The number of carbonyl (C=O) groups is 1. The highest BCUT2D eigenvalue weighted by atomic mass is 16.6. The van der Waals surface area contributed by atoms with Crippen molar-refractivity contribution in [2.75, 3.05) is 7.11 Å². The summed E-state index contributed by atoms with van der Waals surface area (Å²) in [6.07, 6.45) is 2.35. The van der Waals surface area contributed by atoms with Crippen LogP contribution < -0.4 is 14.9 Å². The van der Waals surface area contributed by atoms with E-state index in [9.17, 15) is 19.8 Å². The second kappa shape index (κ2) is 11.2. The van der Waals surface area contributed by atoms with Crippen molar-refractivity contribution in [1.29, 1.82) is 0 Å². The molecule has 38 heavy (non-hydrogen) atoms. The van der Waals surface area contributed by atoms with Crippen LogP contribution in [0.3, 0.4) is 0 Å². The van der Waals surface area contributed by atoms with Gasteiger partial charge in [0, 0.05) is 23.3 Å². The maximum Gasteiger partial charge on any atom is 0.343 e. The van der Waals surface area contributed by atoms with Gasteiger partial charge < -0.3 is 24.1 Å². The molecule has 0 amide bonds. The lowest BCUT2D eigenvalue weighted by molar-refractivity contribution is 0.0729. The smallest absolute Gasteiger partial charge is 0.343 e. The molecule has 1 heterocycles. The molecular formula is C31H34O7. The number of phenols is 2. The summed E-state index contributed by atoms with van der Waals surface area (Å²) in [6.45, 7) is 8.24. The summed E-state index contributed by atoms with van der Waals surface area (Å²) >= 11 is 0. The number of ether oxygens (including phenoxy) is 2. The average molecular weight is 519 g/mol. The van der Waals surface area contributed by atoms with Crippen molar-refractivity contribution in [2.24, 2.45) is 11.8 Å². The fourth-order valence-electron chi connectivity index (χ4n) is 4.60. The van der Waals surface area contributed by atoms with Crippen LogP contribution in [0.25, 0.3) is 21.9 Å². The minimum Gasteiger partial charge on any atom is -0.507 e. The van der Waals surface area contributed by atoms with Crippen molar-refractivity contribution in [3.05, 3.63) is 69.4 Å². The first-order valence-corrected chi connectivity index (χ1v) is 12.9. The molecule has 7 heteroatoms. The molecule has 7 nitrogen and oxygen atoms in total. The number of aromatic hydroxyl groups is 2. The summed E-state index contributed by atoms with van der Waals surface area (Å²) in [5, 5.41) is 22.0. The van der Waals surface area contributed by atoms with E-state index in [-0.39, 0.29) is 44.9 Å². The Labute approximate surface area is 221 Å². The van der Waals surface area contributed by atoms with Gasteiger partial charge in [-0.2, -0.15) is 0 Å². The average Bonchev–Trinajstić information content (AvgIpc) is 2.86. The molecule has 0 saturated heterocycles. The third kappa shape index (κ3) is 5.32. The molecule has 3 aromatic carbocycles. The minimum atomic E-state index is -0.578. The van der Waals surface area contributed by atoms with Gasteiger partial charge in [0.05, 0.1) is 18.1 Å². The SMILES string of the molecule is COc1c(OC(=O)c2ccccc2)cc2oc3cc(O)c(CCC(C)C)c(O)c3c(=O)c2c1CCC(C)C. The third-order valence-electron chi connectivity index (χ3n) is 6.69. The molecule has 0 saturated carbocycles. The number of rotatable bonds is 9. The first-order valence-electron chi connectivity index (χ1n) is 12.9. The first kappa shape index (κ1) is 27.0. The number of carbonyl (C=O) groups excluding carboxylic acids is 1. The van der Waals surface area contributed by atoms with Gasteiger partial charge in [0.25, 0.3) is 0 Å². The Hall–Kier alpha value is -4.00. The van der Waals surface area contributed by atoms with Crippen LogP contribution in [0.4, 0.5) is 0 Å². The Morgan fingerprint density at radius 3 is 2.11 bits per heavy atom. The summed E-state index contributed by atoms with van der Waals surface area (Å²) in [5.41, 5.74) is 1.02. The second-order valence-corrected chi connectivity index (χ2v) is 10.4. The molecule has 0 aliphatic rings. The largest absolute Gasteiger partial charge is 0.507 e. The molecule has 2 N–H and O–H groups in total. The predicted molar refractivity (Wildman–Crippen MR) is 148 cm³/mol. The standard InChI is InChI=1S/C31H34O7/c1-17(2)11-13-20-22(32)15-23-27(28(20)33)29(34)26-21(14-12-18(3)4)30(36-5)25(16-24(26)37-23)38-31(35)19-9-7-6-8-10-19/h6-10,15-18,32-33H,11-14H2,1-5H3. The van der Waals surface area contributed by atoms with Crippen LogP contribution in [0, 0.1) is 11.8 Å². The summed E-state index contributed by atoms with van der Waals surface area (Å²) < 4.78 is 17.5. The lowest BCUT2D eigenvalue weighted by atomic mass is 9.95. The lowest BCUT2D eigenvalue weighted by Gasteiger charge is -2.18. The number of esters is 1. The molecular weight excluding hydrogens is 484 g/mol. The fourth-order valence-corrected chi connectivity index (χ4v) is 4.60. The Balaban J connectivity index is 1.98. The quantitative estimate of drug-likeness (QED) is 0.143. The van der Waals surface area contributed by atoms with Crippen molar-refractivity contribution in [1.82, 2.24) is 0 Å². The highest BCUT2D eigenvalue weighted by Crippen LogP contribution is 2.42. The van der Waals surface area contributed by atoms with Gasteiger partial charge in [-0.25, -0.2) is 4.79 Å². The molecule has 0 radical (unpaired) electrons.